The van der Waals surface area contributed by atoms with Gasteiger partial charge in [-0.15, -0.1) is 11.3 Å². The average Bonchev–Trinajstić information content (AvgIpc) is 2.91. The molecule has 1 aromatic carbocycles. The minimum Gasteiger partial charge on any atom is -0.388 e. The summed E-state index contributed by atoms with van der Waals surface area (Å²) in [5.74, 6) is 0. The zero-order chi connectivity index (χ0) is 14.6. The van der Waals surface area contributed by atoms with Gasteiger partial charge in [-0.3, -0.25) is 4.90 Å². The maximum atomic E-state index is 10.6. The first-order valence-corrected chi connectivity index (χ1v) is 7.72. The van der Waals surface area contributed by atoms with Crippen molar-refractivity contribution in [1.82, 2.24) is 9.88 Å². The van der Waals surface area contributed by atoms with Crippen molar-refractivity contribution < 1.29 is 5.11 Å². The van der Waals surface area contributed by atoms with Crippen molar-refractivity contribution in [1.29, 1.82) is 0 Å². The third kappa shape index (κ3) is 3.88. The number of benzene rings is 1. The molecule has 0 saturated carbocycles. The summed E-state index contributed by atoms with van der Waals surface area (Å²) in [6, 6.07) is 9.86. The monoisotopic (exact) mass is 290 g/mol. The summed E-state index contributed by atoms with van der Waals surface area (Å²) < 4.78 is 0. The first-order chi connectivity index (χ1) is 9.49. The second-order valence-corrected chi connectivity index (χ2v) is 6.67. The number of aromatic nitrogens is 1. The fourth-order valence-corrected chi connectivity index (χ4v) is 3.07. The van der Waals surface area contributed by atoms with E-state index in [0.29, 0.717) is 0 Å². The molecule has 0 aliphatic rings. The Morgan fingerprint density at radius 1 is 1.30 bits per heavy atom. The van der Waals surface area contributed by atoms with Crippen LogP contribution in [-0.2, 0) is 6.54 Å². The fourth-order valence-electron chi connectivity index (χ4n) is 2.52. The molecule has 1 heterocycles. The molecule has 0 spiro atoms. The Morgan fingerprint density at radius 3 is 2.60 bits per heavy atom. The highest BCUT2D eigenvalue weighted by Gasteiger charge is 2.30. The van der Waals surface area contributed by atoms with Gasteiger partial charge in [0.15, 0.2) is 0 Å². The molecule has 0 aliphatic carbocycles. The lowest BCUT2D eigenvalue weighted by molar-refractivity contribution is 0.0242. The van der Waals surface area contributed by atoms with Gasteiger partial charge < -0.3 is 5.11 Å². The molecule has 0 bridgehead atoms. The van der Waals surface area contributed by atoms with Gasteiger partial charge in [0.25, 0.3) is 0 Å². The van der Waals surface area contributed by atoms with Crippen molar-refractivity contribution in [3.8, 4) is 0 Å². The second-order valence-electron chi connectivity index (χ2n) is 5.95. The van der Waals surface area contributed by atoms with Crippen molar-refractivity contribution in [2.75, 3.05) is 13.6 Å². The number of hydrogen-bond acceptors (Lipinski definition) is 4. The first kappa shape index (κ1) is 15.2. The van der Waals surface area contributed by atoms with Crippen molar-refractivity contribution in [2.45, 2.75) is 26.5 Å². The van der Waals surface area contributed by atoms with E-state index in [9.17, 15) is 5.11 Å². The molecule has 0 radical (unpaired) electrons. The lowest BCUT2D eigenvalue weighted by Crippen LogP contribution is -2.35. The molecular weight excluding hydrogens is 268 g/mol. The topological polar surface area (TPSA) is 36.4 Å². The second kappa shape index (κ2) is 6.48. The van der Waals surface area contributed by atoms with Crippen molar-refractivity contribution in [3.63, 3.8) is 0 Å². The maximum absolute atomic E-state index is 10.6. The lowest BCUT2D eigenvalue weighted by Gasteiger charge is -2.34. The highest BCUT2D eigenvalue weighted by atomic mass is 32.1. The van der Waals surface area contributed by atoms with E-state index in [1.807, 2.05) is 35.8 Å². The quantitative estimate of drug-likeness (QED) is 0.886. The summed E-state index contributed by atoms with van der Waals surface area (Å²) in [4.78, 5) is 6.51. The average molecular weight is 290 g/mol. The molecule has 20 heavy (non-hydrogen) atoms. The number of aliphatic hydroxyl groups is 1. The fraction of sp³-hybridized carbons (Fsp3) is 0.438. The standard InChI is InChI=1S/C16H22N2OS/c1-16(2,15(19)13-7-5-4-6-8-13)11-18(3)9-14-10-20-12-17-14/h4-8,10,12,15,19H,9,11H2,1-3H3. The van der Waals surface area contributed by atoms with Crippen molar-refractivity contribution in [2.24, 2.45) is 5.41 Å². The van der Waals surface area contributed by atoms with Gasteiger partial charge in [0.05, 0.1) is 17.3 Å². The molecule has 4 heteroatoms. The SMILES string of the molecule is CN(Cc1cscn1)CC(C)(C)C(O)c1ccccc1. The Labute approximate surface area is 124 Å². The smallest absolute Gasteiger partial charge is 0.0853 e. The molecule has 1 N–H and O–H groups in total. The van der Waals surface area contributed by atoms with Crippen LogP contribution in [0, 0.1) is 5.41 Å². The van der Waals surface area contributed by atoms with Crippen LogP contribution in [0.25, 0.3) is 0 Å². The van der Waals surface area contributed by atoms with Gasteiger partial charge in [-0.05, 0) is 12.6 Å². The molecule has 0 aliphatic heterocycles. The molecular formula is C16H22N2OS. The normalized spacial score (nSPS) is 13.7. The summed E-state index contributed by atoms with van der Waals surface area (Å²) >= 11 is 1.62. The van der Waals surface area contributed by atoms with Crippen LogP contribution in [0.2, 0.25) is 0 Å². The molecule has 0 fully saturated rings. The molecule has 108 valence electrons. The number of hydrogen-bond donors (Lipinski definition) is 1. The van der Waals surface area contributed by atoms with Gasteiger partial charge in [-0.2, -0.15) is 0 Å². The van der Waals surface area contributed by atoms with E-state index in [-0.39, 0.29) is 5.41 Å². The predicted molar refractivity (Wildman–Crippen MR) is 83.6 cm³/mol. The van der Waals surface area contributed by atoms with E-state index in [0.717, 1.165) is 24.3 Å². The van der Waals surface area contributed by atoms with Gasteiger partial charge in [-0.25, -0.2) is 4.98 Å². The number of rotatable bonds is 6. The Morgan fingerprint density at radius 2 is 2.00 bits per heavy atom. The maximum Gasteiger partial charge on any atom is 0.0853 e. The van der Waals surface area contributed by atoms with E-state index in [2.05, 4.69) is 36.2 Å². The largest absolute Gasteiger partial charge is 0.388 e. The molecule has 1 aromatic heterocycles. The van der Waals surface area contributed by atoms with Crippen LogP contribution in [0.15, 0.2) is 41.2 Å². The summed E-state index contributed by atoms with van der Waals surface area (Å²) in [5, 5.41) is 12.6. The van der Waals surface area contributed by atoms with Gasteiger partial charge in [0.2, 0.25) is 0 Å². The van der Waals surface area contributed by atoms with Crippen LogP contribution in [-0.4, -0.2) is 28.6 Å². The van der Waals surface area contributed by atoms with Crippen molar-refractivity contribution >= 4 is 11.3 Å². The highest BCUT2D eigenvalue weighted by Crippen LogP contribution is 2.33. The van der Waals surface area contributed by atoms with E-state index >= 15 is 0 Å². The van der Waals surface area contributed by atoms with E-state index in [1.54, 1.807) is 11.3 Å². The molecule has 0 saturated heterocycles. The minimum atomic E-state index is -0.471. The van der Waals surface area contributed by atoms with Crippen LogP contribution in [0.3, 0.4) is 0 Å². The molecule has 1 unspecified atom stereocenters. The van der Waals surface area contributed by atoms with Crippen molar-refractivity contribution in [3.05, 3.63) is 52.5 Å². The zero-order valence-electron chi connectivity index (χ0n) is 12.3. The summed E-state index contributed by atoms with van der Waals surface area (Å²) in [5.41, 5.74) is 3.70. The zero-order valence-corrected chi connectivity index (χ0v) is 13.1. The van der Waals surface area contributed by atoms with E-state index < -0.39 is 6.10 Å². The third-order valence-electron chi connectivity index (χ3n) is 3.45. The van der Waals surface area contributed by atoms with Gasteiger partial charge in [0.1, 0.15) is 0 Å². The Bertz CT molecular complexity index is 511. The Hall–Kier alpha value is -1.23. The molecule has 3 nitrogen and oxygen atoms in total. The van der Waals surface area contributed by atoms with Crippen LogP contribution in [0.4, 0.5) is 0 Å². The Kier molecular flexibility index (Phi) is 4.91. The van der Waals surface area contributed by atoms with Crippen LogP contribution in [0.1, 0.15) is 31.2 Å². The Balaban J connectivity index is 1.99. The van der Waals surface area contributed by atoms with Crippen LogP contribution in [0.5, 0.6) is 0 Å². The molecule has 2 aromatic rings. The molecule has 0 amide bonds. The number of aliphatic hydroxyl groups excluding tert-OH is 1. The highest BCUT2D eigenvalue weighted by molar-refractivity contribution is 7.07. The van der Waals surface area contributed by atoms with Gasteiger partial charge in [0, 0.05) is 23.9 Å². The van der Waals surface area contributed by atoms with E-state index in [4.69, 9.17) is 0 Å². The minimum absolute atomic E-state index is 0.216. The predicted octanol–water partition coefficient (Wildman–Crippen LogP) is 3.33. The van der Waals surface area contributed by atoms with Gasteiger partial charge in [-0.1, -0.05) is 44.2 Å². The summed E-state index contributed by atoms with van der Waals surface area (Å²) in [6.45, 7) is 5.82. The van der Waals surface area contributed by atoms with E-state index in [1.165, 1.54) is 0 Å². The lowest BCUT2D eigenvalue weighted by atomic mass is 9.82. The third-order valence-corrected chi connectivity index (χ3v) is 4.08. The van der Waals surface area contributed by atoms with Crippen LogP contribution >= 0.6 is 11.3 Å². The molecule has 1 atom stereocenters. The van der Waals surface area contributed by atoms with Gasteiger partial charge >= 0.3 is 0 Å². The summed E-state index contributed by atoms with van der Waals surface area (Å²) in [6.07, 6.45) is -0.471. The summed E-state index contributed by atoms with van der Waals surface area (Å²) in [7, 11) is 2.07. The number of thiazole rings is 1. The van der Waals surface area contributed by atoms with Crippen LogP contribution < -0.4 is 0 Å². The number of nitrogens with zero attached hydrogens (tertiary/aromatic N) is 2. The first-order valence-electron chi connectivity index (χ1n) is 6.77. The molecule has 2 rings (SSSR count).